The van der Waals surface area contributed by atoms with Crippen LogP contribution in [0.1, 0.15) is 16.1 Å². The maximum Gasteiger partial charge on any atom is 0.435 e. The lowest BCUT2D eigenvalue weighted by molar-refractivity contribution is -0.141. The van der Waals surface area contributed by atoms with Crippen molar-refractivity contribution in [2.24, 2.45) is 0 Å². The zero-order valence-corrected chi connectivity index (χ0v) is 8.35. The van der Waals surface area contributed by atoms with Crippen LogP contribution in [0.15, 0.2) is 30.7 Å². The van der Waals surface area contributed by atoms with Crippen molar-refractivity contribution in [3.63, 3.8) is 0 Å². The Balaban J connectivity index is 2.53. The van der Waals surface area contributed by atoms with Gasteiger partial charge in [-0.2, -0.15) is 18.3 Å². The van der Waals surface area contributed by atoms with Crippen LogP contribution in [0.25, 0.3) is 5.69 Å². The number of nitrogens with zero attached hydrogens (tertiary/aromatic N) is 3. The second-order valence-corrected chi connectivity index (χ2v) is 3.20. The van der Waals surface area contributed by atoms with Crippen molar-refractivity contribution < 1.29 is 18.0 Å². The minimum atomic E-state index is -4.64. The number of aromatic nitrogens is 3. The molecule has 17 heavy (non-hydrogen) atoms. The van der Waals surface area contributed by atoms with Gasteiger partial charge in [0.15, 0.2) is 12.0 Å². The lowest BCUT2D eigenvalue weighted by Gasteiger charge is -2.02. The molecule has 0 bridgehead atoms. The van der Waals surface area contributed by atoms with E-state index in [1.807, 2.05) is 0 Å². The molecule has 0 aliphatic carbocycles. The molecule has 2 rings (SSSR count). The van der Waals surface area contributed by atoms with Crippen LogP contribution in [-0.2, 0) is 6.18 Å². The molecule has 0 spiro atoms. The Morgan fingerprint density at radius 3 is 2.35 bits per heavy atom. The second-order valence-electron chi connectivity index (χ2n) is 3.20. The predicted molar refractivity (Wildman–Crippen MR) is 51.7 cm³/mol. The summed E-state index contributed by atoms with van der Waals surface area (Å²) in [6.07, 6.45) is -0.636. The fourth-order valence-electron chi connectivity index (χ4n) is 1.32. The Labute approximate surface area is 93.7 Å². The third-order valence-corrected chi connectivity index (χ3v) is 2.07. The molecule has 0 saturated carbocycles. The van der Waals surface area contributed by atoms with E-state index in [1.165, 1.54) is 24.5 Å². The monoisotopic (exact) mass is 241 g/mol. The highest BCUT2D eigenvalue weighted by molar-refractivity contribution is 5.76. The van der Waals surface area contributed by atoms with Gasteiger partial charge in [0.25, 0.3) is 0 Å². The maximum atomic E-state index is 12.5. The van der Waals surface area contributed by atoms with Gasteiger partial charge in [0, 0.05) is 18.6 Å². The van der Waals surface area contributed by atoms with Crippen molar-refractivity contribution in [1.82, 2.24) is 14.8 Å². The quantitative estimate of drug-likeness (QED) is 0.756. The normalized spacial score (nSPS) is 11.5. The highest BCUT2D eigenvalue weighted by Crippen LogP contribution is 2.30. The fourth-order valence-corrected chi connectivity index (χ4v) is 1.32. The zero-order chi connectivity index (χ0) is 12.5. The summed E-state index contributed by atoms with van der Waals surface area (Å²) in [5, 5.41) is 3.36. The molecule has 0 aliphatic heterocycles. The number of hydrogen-bond acceptors (Lipinski definition) is 3. The van der Waals surface area contributed by atoms with Crippen LogP contribution in [0.5, 0.6) is 0 Å². The Hall–Kier alpha value is -2.18. The van der Waals surface area contributed by atoms with Gasteiger partial charge in [0.2, 0.25) is 0 Å². The van der Waals surface area contributed by atoms with Crippen molar-refractivity contribution in [2.45, 2.75) is 6.18 Å². The highest BCUT2D eigenvalue weighted by Gasteiger charge is 2.37. The topological polar surface area (TPSA) is 47.8 Å². The molecule has 2 aromatic rings. The van der Waals surface area contributed by atoms with Crippen molar-refractivity contribution >= 4 is 6.29 Å². The molecule has 0 amide bonds. The number of hydrogen-bond donors (Lipinski definition) is 0. The summed E-state index contributed by atoms with van der Waals surface area (Å²) in [6, 6.07) is 2.98. The molecular formula is C10H6F3N3O. The maximum absolute atomic E-state index is 12.5. The molecule has 0 aliphatic rings. The smallest absolute Gasteiger partial charge is 0.298 e. The van der Waals surface area contributed by atoms with Gasteiger partial charge in [-0.15, -0.1) is 0 Å². The van der Waals surface area contributed by atoms with E-state index in [0.717, 1.165) is 10.9 Å². The summed E-state index contributed by atoms with van der Waals surface area (Å²) in [7, 11) is 0. The van der Waals surface area contributed by atoms with E-state index >= 15 is 0 Å². The van der Waals surface area contributed by atoms with Crippen LogP contribution in [0.2, 0.25) is 0 Å². The second kappa shape index (κ2) is 4.00. The van der Waals surface area contributed by atoms with E-state index in [-0.39, 0.29) is 6.29 Å². The average molecular weight is 241 g/mol. The zero-order valence-electron chi connectivity index (χ0n) is 8.35. The molecule has 0 fully saturated rings. The predicted octanol–water partition coefficient (Wildman–Crippen LogP) is 2.10. The van der Waals surface area contributed by atoms with Crippen molar-refractivity contribution in [3.05, 3.63) is 42.0 Å². The van der Waals surface area contributed by atoms with Crippen molar-refractivity contribution in [3.8, 4) is 5.69 Å². The van der Waals surface area contributed by atoms with Gasteiger partial charge in [-0.3, -0.25) is 9.78 Å². The van der Waals surface area contributed by atoms with Gasteiger partial charge in [-0.1, -0.05) is 0 Å². The van der Waals surface area contributed by atoms with Crippen LogP contribution < -0.4 is 0 Å². The van der Waals surface area contributed by atoms with Gasteiger partial charge in [0.1, 0.15) is 0 Å². The first-order chi connectivity index (χ1) is 8.02. The van der Waals surface area contributed by atoms with Gasteiger partial charge in [-0.25, -0.2) is 4.68 Å². The number of rotatable bonds is 2. The molecule has 0 atom stereocenters. The van der Waals surface area contributed by atoms with E-state index in [9.17, 15) is 18.0 Å². The molecule has 0 unspecified atom stereocenters. The van der Waals surface area contributed by atoms with Crippen molar-refractivity contribution in [1.29, 1.82) is 0 Å². The Bertz CT molecular complexity index is 533. The molecule has 88 valence electrons. The molecule has 2 heterocycles. The van der Waals surface area contributed by atoms with Crippen LogP contribution >= 0.6 is 0 Å². The first-order valence-electron chi connectivity index (χ1n) is 4.55. The van der Waals surface area contributed by atoms with Crippen LogP contribution in [0.4, 0.5) is 13.2 Å². The van der Waals surface area contributed by atoms with Gasteiger partial charge < -0.3 is 0 Å². The molecule has 0 aromatic carbocycles. The van der Waals surface area contributed by atoms with E-state index in [2.05, 4.69) is 10.1 Å². The molecule has 7 heteroatoms. The SMILES string of the molecule is O=Cc1cn(-c2ccncc2)nc1C(F)(F)F. The molecule has 0 N–H and O–H groups in total. The van der Waals surface area contributed by atoms with E-state index < -0.39 is 17.4 Å². The van der Waals surface area contributed by atoms with Crippen LogP contribution in [-0.4, -0.2) is 21.1 Å². The number of aldehydes is 1. The standard InChI is InChI=1S/C10H6F3N3O/c11-10(12,13)9-7(6-17)5-16(15-9)8-1-3-14-4-2-8/h1-6H. The van der Waals surface area contributed by atoms with Crippen molar-refractivity contribution in [2.75, 3.05) is 0 Å². The lowest BCUT2D eigenvalue weighted by Crippen LogP contribution is -2.09. The third-order valence-electron chi connectivity index (χ3n) is 2.07. The molecule has 0 saturated heterocycles. The van der Waals surface area contributed by atoms with Gasteiger partial charge in [0.05, 0.1) is 11.3 Å². The van der Waals surface area contributed by atoms with E-state index in [4.69, 9.17) is 0 Å². The summed E-state index contributed by atoms with van der Waals surface area (Å²) in [4.78, 5) is 14.3. The Kier molecular flexibility index (Phi) is 2.66. The largest absolute Gasteiger partial charge is 0.435 e. The number of alkyl halides is 3. The summed E-state index contributed by atoms with van der Waals surface area (Å²) in [5.41, 5.74) is -1.28. The average Bonchev–Trinajstić information content (AvgIpc) is 2.74. The highest BCUT2D eigenvalue weighted by atomic mass is 19.4. The number of halogens is 3. The van der Waals surface area contributed by atoms with Gasteiger partial charge in [-0.05, 0) is 12.1 Å². The molecule has 4 nitrogen and oxygen atoms in total. The third kappa shape index (κ3) is 2.17. The van der Waals surface area contributed by atoms with E-state index in [0.29, 0.717) is 5.69 Å². The Morgan fingerprint density at radius 2 is 1.88 bits per heavy atom. The van der Waals surface area contributed by atoms with E-state index in [1.54, 1.807) is 0 Å². The molecular weight excluding hydrogens is 235 g/mol. The summed E-state index contributed by atoms with van der Waals surface area (Å²) in [6.45, 7) is 0. The van der Waals surface area contributed by atoms with Crippen LogP contribution in [0.3, 0.4) is 0 Å². The first-order valence-corrected chi connectivity index (χ1v) is 4.55. The minimum Gasteiger partial charge on any atom is -0.298 e. The summed E-state index contributed by atoms with van der Waals surface area (Å²) >= 11 is 0. The fraction of sp³-hybridized carbons (Fsp3) is 0.100. The summed E-state index contributed by atoms with van der Waals surface area (Å²) in [5.74, 6) is 0. The number of carbonyl (C=O) groups is 1. The number of pyridine rings is 1. The molecule has 0 radical (unpaired) electrons. The van der Waals surface area contributed by atoms with Crippen LogP contribution in [0, 0.1) is 0 Å². The molecule has 2 aromatic heterocycles. The minimum absolute atomic E-state index is 0.132. The number of carbonyl (C=O) groups excluding carboxylic acids is 1. The Morgan fingerprint density at radius 1 is 1.24 bits per heavy atom. The van der Waals surface area contributed by atoms with Gasteiger partial charge >= 0.3 is 6.18 Å². The first kappa shape index (κ1) is 11.3. The lowest BCUT2D eigenvalue weighted by atomic mass is 10.3. The summed E-state index contributed by atoms with van der Waals surface area (Å²) < 4.78 is 38.5.